The molecule has 2 N–H and O–H groups in total. The van der Waals surface area contributed by atoms with Crippen LogP contribution in [-0.4, -0.2) is 36.8 Å². The molecule has 9 heteroatoms. The van der Waals surface area contributed by atoms with Gasteiger partial charge in [0.1, 0.15) is 5.65 Å². The van der Waals surface area contributed by atoms with E-state index in [9.17, 15) is 14.4 Å². The molecule has 1 amide bonds. The number of benzene rings is 1. The molecule has 4 aromatic rings. The highest BCUT2D eigenvalue weighted by molar-refractivity contribution is 5.96. The van der Waals surface area contributed by atoms with Crippen molar-refractivity contribution in [2.24, 2.45) is 0 Å². The zero-order chi connectivity index (χ0) is 22.9. The molecule has 0 atom stereocenters. The van der Waals surface area contributed by atoms with Crippen molar-refractivity contribution in [2.75, 3.05) is 6.54 Å². The summed E-state index contributed by atoms with van der Waals surface area (Å²) in [6.45, 7) is 2.46. The molecule has 1 aliphatic rings. The molecule has 3 aromatic heterocycles. The molecule has 1 aromatic carbocycles. The number of fused-ring (bicyclic) bond motifs is 1. The van der Waals surface area contributed by atoms with E-state index in [0.29, 0.717) is 17.8 Å². The summed E-state index contributed by atoms with van der Waals surface area (Å²) < 4.78 is 3.37. The van der Waals surface area contributed by atoms with Gasteiger partial charge in [0.15, 0.2) is 0 Å². The molecule has 1 fully saturated rings. The van der Waals surface area contributed by atoms with Gasteiger partial charge in [-0.05, 0) is 56.4 Å². The van der Waals surface area contributed by atoms with Gasteiger partial charge in [0, 0.05) is 25.0 Å². The maximum absolute atomic E-state index is 12.6. The topological polar surface area (TPSA) is 115 Å². The van der Waals surface area contributed by atoms with Gasteiger partial charge in [0.05, 0.1) is 22.3 Å². The maximum Gasteiger partial charge on any atom is 0.330 e. The molecule has 0 radical (unpaired) electrons. The van der Waals surface area contributed by atoms with Crippen molar-refractivity contribution < 1.29 is 4.79 Å². The van der Waals surface area contributed by atoms with Crippen molar-refractivity contribution in [2.45, 2.75) is 38.6 Å². The van der Waals surface area contributed by atoms with Crippen LogP contribution in [0.1, 0.15) is 46.9 Å². The lowest BCUT2D eigenvalue weighted by molar-refractivity contribution is 0.0953. The maximum atomic E-state index is 12.6. The van der Waals surface area contributed by atoms with Gasteiger partial charge >= 0.3 is 5.69 Å². The van der Waals surface area contributed by atoms with Crippen LogP contribution in [0.4, 0.5) is 0 Å². The Balaban J connectivity index is 1.23. The zero-order valence-electron chi connectivity index (χ0n) is 18.2. The number of para-hydroxylation sites is 1. The number of aromatic amines is 1. The number of rotatable bonds is 7. The van der Waals surface area contributed by atoms with Gasteiger partial charge in [0.2, 0.25) is 0 Å². The van der Waals surface area contributed by atoms with Crippen LogP contribution < -0.4 is 16.6 Å². The summed E-state index contributed by atoms with van der Waals surface area (Å²) in [5.41, 5.74) is 2.74. The number of amides is 1. The highest BCUT2D eigenvalue weighted by Gasteiger charge is 2.27. The van der Waals surface area contributed by atoms with Crippen LogP contribution in [0.3, 0.4) is 0 Å². The first-order chi connectivity index (χ1) is 16.0. The molecule has 3 heterocycles. The Morgan fingerprint density at radius 1 is 1.21 bits per heavy atom. The molecule has 0 unspecified atom stereocenters. The van der Waals surface area contributed by atoms with E-state index in [-0.39, 0.29) is 17.3 Å². The summed E-state index contributed by atoms with van der Waals surface area (Å²) in [5.74, 6) is -0.301. The minimum absolute atomic E-state index is 0.0683. The highest BCUT2D eigenvalue weighted by atomic mass is 16.2. The van der Waals surface area contributed by atoms with Crippen LogP contribution >= 0.6 is 0 Å². The first-order valence-electron chi connectivity index (χ1n) is 11.0. The minimum Gasteiger partial charge on any atom is -0.352 e. The average Bonchev–Trinajstić information content (AvgIpc) is 3.58. The van der Waals surface area contributed by atoms with Crippen molar-refractivity contribution in [3.63, 3.8) is 0 Å². The monoisotopic (exact) mass is 444 g/mol. The second-order valence-electron chi connectivity index (χ2n) is 8.33. The van der Waals surface area contributed by atoms with Crippen LogP contribution in [0.25, 0.3) is 16.7 Å². The first kappa shape index (κ1) is 20.9. The zero-order valence-corrected chi connectivity index (χ0v) is 18.2. The smallest absolute Gasteiger partial charge is 0.330 e. The third-order valence-corrected chi connectivity index (χ3v) is 5.88. The quantitative estimate of drug-likeness (QED) is 0.425. The molecule has 1 saturated carbocycles. The Kier molecular flexibility index (Phi) is 5.37. The van der Waals surface area contributed by atoms with Gasteiger partial charge < -0.3 is 5.32 Å². The summed E-state index contributed by atoms with van der Waals surface area (Å²) >= 11 is 0. The Hall–Kier alpha value is -4.01. The number of hydrogen-bond acceptors (Lipinski definition) is 5. The number of aromatic nitrogens is 5. The van der Waals surface area contributed by atoms with Gasteiger partial charge in [-0.15, -0.1) is 0 Å². The minimum atomic E-state index is -0.528. The lowest BCUT2D eigenvalue weighted by Gasteiger charge is -2.09. The molecule has 0 aliphatic heterocycles. The van der Waals surface area contributed by atoms with Crippen LogP contribution in [0.2, 0.25) is 0 Å². The second-order valence-corrected chi connectivity index (χ2v) is 8.33. The second kappa shape index (κ2) is 8.50. The van der Waals surface area contributed by atoms with Gasteiger partial charge in [0.25, 0.3) is 11.5 Å². The third kappa shape index (κ3) is 4.21. The van der Waals surface area contributed by atoms with Crippen molar-refractivity contribution in [3.8, 4) is 5.69 Å². The van der Waals surface area contributed by atoms with Crippen molar-refractivity contribution in [1.29, 1.82) is 0 Å². The number of aryl methyl sites for hydroxylation is 2. The first-order valence-corrected chi connectivity index (χ1v) is 11.0. The van der Waals surface area contributed by atoms with E-state index in [1.54, 1.807) is 0 Å². The summed E-state index contributed by atoms with van der Waals surface area (Å²) in [4.78, 5) is 43.6. The van der Waals surface area contributed by atoms with Gasteiger partial charge in [-0.1, -0.05) is 18.2 Å². The number of carbonyl (C=O) groups is 1. The Morgan fingerprint density at radius 3 is 2.76 bits per heavy atom. The Morgan fingerprint density at radius 2 is 2.00 bits per heavy atom. The lowest BCUT2D eigenvalue weighted by atomic mass is 10.1. The predicted molar refractivity (Wildman–Crippen MR) is 124 cm³/mol. The lowest BCUT2D eigenvalue weighted by Crippen LogP contribution is -2.31. The average molecular weight is 444 g/mol. The van der Waals surface area contributed by atoms with Gasteiger partial charge in [-0.3, -0.25) is 19.1 Å². The molecular weight excluding hydrogens is 420 g/mol. The number of H-pyrrole nitrogens is 1. The van der Waals surface area contributed by atoms with Crippen LogP contribution in [0.5, 0.6) is 0 Å². The largest absolute Gasteiger partial charge is 0.352 e. The molecule has 0 bridgehead atoms. The highest BCUT2D eigenvalue weighted by Crippen LogP contribution is 2.34. The molecule has 0 spiro atoms. The molecule has 9 nitrogen and oxygen atoms in total. The van der Waals surface area contributed by atoms with Crippen LogP contribution in [0.15, 0.2) is 58.4 Å². The Bertz CT molecular complexity index is 1450. The van der Waals surface area contributed by atoms with Crippen molar-refractivity contribution in [3.05, 3.63) is 86.5 Å². The molecule has 168 valence electrons. The van der Waals surface area contributed by atoms with E-state index in [1.165, 1.54) is 16.8 Å². The van der Waals surface area contributed by atoms with Crippen molar-refractivity contribution >= 4 is 16.9 Å². The van der Waals surface area contributed by atoms with E-state index in [4.69, 9.17) is 0 Å². The Labute approximate surface area is 189 Å². The fraction of sp³-hybridized carbons (Fsp3) is 0.292. The van der Waals surface area contributed by atoms with E-state index >= 15 is 0 Å². The van der Waals surface area contributed by atoms with Gasteiger partial charge in [-0.25, -0.2) is 14.5 Å². The van der Waals surface area contributed by atoms with E-state index < -0.39 is 11.2 Å². The molecule has 5 rings (SSSR count). The number of carbonyl (C=O) groups excluding carboxylic acids is 1. The molecule has 1 aliphatic carbocycles. The molecular formula is C24H24N6O3. The molecule has 33 heavy (non-hydrogen) atoms. The summed E-state index contributed by atoms with van der Waals surface area (Å²) in [5, 5.41) is 7.71. The van der Waals surface area contributed by atoms with E-state index in [2.05, 4.69) is 20.4 Å². The molecule has 0 saturated heterocycles. The summed E-state index contributed by atoms with van der Waals surface area (Å²) in [6, 6.07) is 11.5. The van der Waals surface area contributed by atoms with Crippen molar-refractivity contribution in [1.82, 2.24) is 29.6 Å². The number of hydrogen-bond donors (Lipinski definition) is 2. The number of nitrogens with one attached hydrogen (secondary N) is 2. The normalized spacial score (nSPS) is 13.4. The van der Waals surface area contributed by atoms with Crippen LogP contribution in [-0.2, 0) is 6.42 Å². The van der Waals surface area contributed by atoms with E-state index in [1.807, 2.05) is 48.1 Å². The fourth-order valence-corrected chi connectivity index (χ4v) is 3.97. The van der Waals surface area contributed by atoms with Crippen LogP contribution in [0, 0.1) is 6.92 Å². The van der Waals surface area contributed by atoms with Gasteiger partial charge in [-0.2, -0.15) is 5.10 Å². The third-order valence-electron chi connectivity index (χ3n) is 5.88. The summed E-state index contributed by atoms with van der Waals surface area (Å²) in [6.07, 6.45) is 6.73. The van der Waals surface area contributed by atoms with E-state index in [0.717, 1.165) is 42.6 Å². The number of nitrogens with zero attached hydrogens (tertiary/aromatic N) is 4. The number of pyridine rings is 1. The standard InChI is InChI=1S/C24H24N6O3/c1-15-16(14-29(28-15)18-7-3-2-4-8-18)6-5-11-25-22(31)17-12-20-21(26-13-17)30(19-9-10-19)24(33)27-23(20)32/h2-4,7-8,12-14,19H,5-6,9-11H2,1H3,(H,25,31)(H,27,32,33). The SMILES string of the molecule is Cc1nn(-c2ccccc2)cc1CCCNC(=O)c1cnc2c(c1)c(=O)[nH]c(=O)n2C1CC1. The fourth-order valence-electron chi connectivity index (χ4n) is 3.97. The predicted octanol–water partition coefficient (Wildman–Crippen LogP) is 2.28. The summed E-state index contributed by atoms with van der Waals surface area (Å²) in [7, 11) is 0.